The van der Waals surface area contributed by atoms with Crippen molar-refractivity contribution in [2.45, 2.75) is 25.4 Å². The highest BCUT2D eigenvalue weighted by Crippen LogP contribution is 2.34. The summed E-state index contributed by atoms with van der Waals surface area (Å²) in [7, 11) is 0. The molecule has 168 valence electrons. The van der Waals surface area contributed by atoms with Crippen LogP contribution in [0.25, 0.3) is 32.9 Å². The molecule has 3 aromatic heterocycles. The van der Waals surface area contributed by atoms with Crippen molar-refractivity contribution in [2.24, 2.45) is 0 Å². The maximum Gasteiger partial charge on any atom is 0.255 e. The van der Waals surface area contributed by atoms with Gasteiger partial charge in [-0.3, -0.25) is 4.79 Å². The number of carbonyl (C=O) groups is 1. The number of carbonyl (C=O) groups excluding carboxylic acids is 1. The standard InChI is InChI=1S/C26H19ClN4O2S/c27-20-8-3-1-7-18(20)25-30-29-24(33-25)15-31(16-11-12-16)26(32)19-14-22(23-10-5-13-34-23)28-21-9-4-2-6-17(19)21/h1-10,13-14,16H,11-12,15H2. The molecule has 1 aliphatic carbocycles. The zero-order chi connectivity index (χ0) is 23.1. The maximum atomic E-state index is 13.9. The van der Waals surface area contributed by atoms with E-state index in [0.717, 1.165) is 34.3 Å². The Kier molecular flexibility index (Phi) is 5.36. The van der Waals surface area contributed by atoms with Crippen LogP contribution in [0.4, 0.5) is 0 Å². The van der Waals surface area contributed by atoms with E-state index in [4.69, 9.17) is 21.0 Å². The molecule has 3 heterocycles. The number of benzene rings is 2. The zero-order valence-corrected chi connectivity index (χ0v) is 19.6. The molecule has 1 aliphatic rings. The van der Waals surface area contributed by atoms with Gasteiger partial charge in [-0.05, 0) is 48.6 Å². The molecule has 6 nitrogen and oxygen atoms in total. The van der Waals surface area contributed by atoms with E-state index in [0.29, 0.717) is 27.9 Å². The van der Waals surface area contributed by atoms with Crippen LogP contribution >= 0.6 is 22.9 Å². The Balaban J connectivity index is 1.36. The summed E-state index contributed by atoms with van der Waals surface area (Å²) in [5.41, 5.74) is 2.90. The second-order valence-electron chi connectivity index (χ2n) is 8.19. The van der Waals surface area contributed by atoms with Crippen LogP contribution in [-0.2, 0) is 6.54 Å². The molecule has 0 radical (unpaired) electrons. The molecule has 1 amide bonds. The molecular weight excluding hydrogens is 468 g/mol. The molecule has 0 aliphatic heterocycles. The van der Waals surface area contributed by atoms with Crippen molar-refractivity contribution in [1.82, 2.24) is 20.1 Å². The smallest absolute Gasteiger partial charge is 0.255 e. The van der Waals surface area contributed by atoms with Crippen LogP contribution in [0.1, 0.15) is 29.1 Å². The van der Waals surface area contributed by atoms with E-state index in [2.05, 4.69) is 10.2 Å². The summed E-state index contributed by atoms with van der Waals surface area (Å²) in [6.45, 7) is 0.242. The van der Waals surface area contributed by atoms with E-state index in [1.807, 2.05) is 70.9 Å². The quantitative estimate of drug-likeness (QED) is 0.275. The molecule has 0 bridgehead atoms. The highest BCUT2D eigenvalue weighted by molar-refractivity contribution is 7.13. The Morgan fingerprint density at radius 2 is 1.88 bits per heavy atom. The van der Waals surface area contributed by atoms with Gasteiger partial charge in [0.05, 0.1) is 38.8 Å². The summed E-state index contributed by atoms with van der Waals surface area (Å²) >= 11 is 7.88. The third-order valence-electron chi connectivity index (χ3n) is 5.85. The van der Waals surface area contributed by atoms with E-state index in [1.165, 1.54) is 0 Å². The third-order valence-corrected chi connectivity index (χ3v) is 7.07. The van der Waals surface area contributed by atoms with Crippen LogP contribution in [0.2, 0.25) is 5.02 Å². The predicted octanol–water partition coefficient (Wildman–Crippen LogP) is 6.47. The highest BCUT2D eigenvalue weighted by atomic mass is 35.5. The third kappa shape index (κ3) is 3.97. The SMILES string of the molecule is O=C(c1cc(-c2cccs2)nc2ccccc12)N(Cc1nnc(-c2ccccc2Cl)o1)C1CC1. The number of hydrogen-bond donors (Lipinski definition) is 0. The summed E-state index contributed by atoms with van der Waals surface area (Å²) in [5.74, 6) is 0.668. The van der Waals surface area contributed by atoms with Gasteiger partial charge in [0, 0.05) is 11.4 Å². The first-order valence-corrected chi connectivity index (χ1v) is 12.2. The lowest BCUT2D eigenvalue weighted by Gasteiger charge is -2.22. The highest BCUT2D eigenvalue weighted by Gasteiger charge is 2.35. The average molecular weight is 487 g/mol. The van der Waals surface area contributed by atoms with Gasteiger partial charge in [0.25, 0.3) is 5.91 Å². The van der Waals surface area contributed by atoms with Crippen molar-refractivity contribution in [2.75, 3.05) is 0 Å². The fourth-order valence-electron chi connectivity index (χ4n) is 4.02. The molecule has 6 rings (SSSR count). The maximum absolute atomic E-state index is 13.9. The lowest BCUT2D eigenvalue weighted by molar-refractivity contribution is 0.0716. The number of para-hydroxylation sites is 1. The topological polar surface area (TPSA) is 72.1 Å². The molecule has 0 spiro atoms. The number of aromatic nitrogens is 3. The zero-order valence-electron chi connectivity index (χ0n) is 18.0. The van der Waals surface area contributed by atoms with Crippen molar-refractivity contribution >= 4 is 39.7 Å². The average Bonchev–Trinajstić information content (AvgIpc) is 3.35. The molecule has 0 atom stereocenters. The van der Waals surface area contributed by atoms with E-state index in [1.54, 1.807) is 17.4 Å². The number of hydrogen-bond acceptors (Lipinski definition) is 6. The minimum Gasteiger partial charge on any atom is -0.419 e. The van der Waals surface area contributed by atoms with E-state index in [-0.39, 0.29) is 18.5 Å². The van der Waals surface area contributed by atoms with Gasteiger partial charge in [-0.15, -0.1) is 21.5 Å². The van der Waals surface area contributed by atoms with E-state index in [9.17, 15) is 4.79 Å². The van der Waals surface area contributed by atoms with Gasteiger partial charge in [-0.2, -0.15) is 0 Å². The number of thiophene rings is 1. The fraction of sp³-hybridized carbons (Fsp3) is 0.154. The van der Waals surface area contributed by atoms with Crippen molar-refractivity contribution in [3.05, 3.63) is 88.6 Å². The van der Waals surface area contributed by atoms with E-state index < -0.39 is 0 Å². The van der Waals surface area contributed by atoms with Gasteiger partial charge in [-0.1, -0.05) is 48.0 Å². The van der Waals surface area contributed by atoms with Crippen LogP contribution in [0.5, 0.6) is 0 Å². The molecule has 0 N–H and O–H groups in total. The van der Waals surface area contributed by atoms with Gasteiger partial charge < -0.3 is 9.32 Å². The molecule has 1 fully saturated rings. The first-order chi connectivity index (χ1) is 16.7. The minimum absolute atomic E-state index is 0.0589. The van der Waals surface area contributed by atoms with Crippen molar-refractivity contribution in [3.63, 3.8) is 0 Å². The lowest BCUT2D eigenvalue weighted by atomic mass is 10.1. The van der Waals surface area contributed by atoms with Gasteiger partial charge in [0.15, 0.2) is 0 Å². The Morgan fingerprint density at radius 1 is 1.06 bits per heavy atom. The Hall–Kier alpha value is -3.55. The van der Waals surface area contributed by atoms with Crippen molar-refractivity contribution in [1.29, 1.82) is 0 Å². The largest absolute Gasteiger partial charge is 0.419 e. The monoisotopic (exact) mass is 486 g/mol. The van der Waals surface area contributed by atoms with Gasteiger partial charge in [0.2, 0.25) is 11.8 Å². The summed E-state index contributed by atoms with van der Waals surface area (Å²) in [5, 5.41) is 11.7. The number of pyridine rings is 1. The summed E-state index contributed by atoms with van der Waals surface area (Å²) in [4.78, 5) is 21.5. The molecule has 5 aromatic rings. The van der Waals surface area contributed by atoms with Crippen LogP contribution in [0.15, 0.2) is 76.5 Å². The number of amides is 1. The van der Waals surface area contributed by atoms with Crippen molar-refractivity contribution in [3.8, 4) is 22.0 Å². The minimum atomic E-state index is -0.0589. The van der Waals surface area contributed by atoms with Crippen LogP contribution in [0, 0.1) is 0 Å². The lowest BCUT2D eigenvalue weighted by Crippen LogP contribution is -2.33. The summed E-state index contributed by atoms with van der Waals surface area (Å²) in [6, 6.07) is 21.1. The normalized spacial score (nSPS) is 13.3. The number of fused-ring (bicyclic) bond motifs is 1. The van der Waals surface area contributed by atoms with Crippen LogP contribution in [0.3, 0.4) is 0 Å². The molecule has 1 saturated carbocycles. The first kappa shape index (κ1) is 21.0. The Bertz CT molecular complexity index is 1490. The Labute approximate surface area is 204 Å². The van der Waals surface area contributed by atoms with Crippen molar-refractivity contribution < 1.29 is 9.21 Å². The van der Waals surface area contributed by atoms with Gasteiger partial charge >= 0.3 is 0 Å². The summed E-state index contributed by atoms with van der Waals surface area (Å²) < 4.78 is 5.90. The van der Waals surface area contributed by atoms with Gasteiger partial charge in [-0.25, -0.2) is 4.98 Å². The second-order valence-corrected chi connectivity index (χ2v) is 9.55. The number of halogens is 1. The Morgan fingerprint density at radius 3 is 2.68 bits per heavy atom. The number of rotatable bonds is 6. The summed E-state index contributed by atoms with van der Waals surface area (Å²) in [6.07, 6.45) is 1.91. The second kappa shape index (κ2) is 8.66. The first-order valence-electron chi connectivity index (χ1n) is 11.0. The predicted molar refractivity (Wildman–Crippen MR) is 133 cm³/mol. The molecular formula is C26H19ClN4O2S. The molecule has 0 saturated heterocycles. The van der Waals surface area contributed by atoms with E-state index >= 15 is 0 Å². The molecule has 0 unspecified atom stereocenters. The molecule has 2 aromatic carbocycles. The fourth-order valence-corrected chi connectivity index (χ4v) is 4.92. The molecule has 34 heavy (non-hydrogen) atoms. The van der Waals surface area contributed by atoms with Crippen LogP contribution in [-0.4, -0.2) is 32.0 Å². The van der Waals surface area contributed by atoms with Gasteiger partial charge in [0.1, 0.15) is 0 Å². The van der Waals surface area contributed by atoms with Crippen LogP contribution < -0.4 is 0 Å². The number of nitrogens with zero attached hydrogens (tertiary/aromatic N) is 4. The molecule has 8 heteroatoms.